The van der Waals surface area contributed by atoms with Crippen LogP contribution >= 0.6 is 11.6 Å². The van der Waals surface area contributed by atoms with Gasteiger partial charge >= 0.3 is 0 Å². The highest BCUT2D eigenvalue weighted by molar-refractivity contribution is 6.33. The average molecular weight is 505 g/mol. The van der Waals surface area contributed by atoms with Crippen LogP contribution in [0, 0.1) is 0 Å². The molecule has 182 valence electrons. The Labute approximate surface area is 210 Å². The Morgan fingerprint density at radius 3 is 2.61 bits per heavy atom. The molecule has 0 aliphatic carbocycles. The minimum Gasteiger partial charge on any atom is -0.456 e. The number of hydrogen-bond donors (Lipinski definition) is 3. The number of fused-ring (bicyclic) bond motifs is 1. The molecule has 0 bridgehead atoms. The standard InChI is InChI=1S/C25H21ClN6O4/c26-17-10-18-24(31-25(29-18)36-20-13-35-19(12-33)23(20)34)30-22(17)15-4-2-14(3-5-15)16-6-7-21(27-11-16)32-9-1-8-28-32/h1-11,19-20,23,33-34H,12-13H2,(H,29,30,31)/t19?,20-,23-/m1/s1. The molecule has 0 amide bonds. The molecule has 10 nitrogen and oxygen atoms in total. The average Bonchev–Trinajstić information content (AvgIpc) is 3.65. The number of imidazole rings is 1. The molecule has 1 fully saturated rings. The molecule has 3 atom stereocenters. The molecule has 11 heteroatoms. The monoisotopic (exact) mass is 504 g/mol. The van der Waals surface area contributed by atoms with Crippen molar-refractivity contribution in [2.24, 2.45) is 0 Å². The quantitative estimate of drug-likeness (QED) is 0.321. The van der Waals surface area contributed by atoms with Crippen molar-refractivity contribution in [3.8, 4) is 34.2 Å². The van der Waals surface area contributed by atoms with E-state index in [1.807, 2.05) is 54.9 Å². The molecule has 0 radical (unpaired) electrons. The number of ether oxygens (including phenoxy) is 2. The van der Waals surface area contributed by atoms with Crippen molar-refractivity contribution >= 4 is 22.8 Å². The first-order valence-corrected chi connectivity index (χ1v) is 11.7. The Morgan fingerprint density at radius 2 is 1.92 bits per heavy atom. The summed E-state index contributed by atoms with van der Waals surface area (Å²) in [5, 5.41) is 24.1. The van der Waals surface area contributed by atoms with Crippen LogP contribution in [0.2, 0.25) is 5.02 Å². The number of halogens is 1. The number of pyridine rings is 2. The Balaban J connectivity index is 1.22. The Morgan fingerprint density at radius 1 is 1.11 bits per heavy atom. The largest absolute Gasteiger partial charge is 0.456 e. The normalized spacial score (nSPS) is 19.7. The predicted molar refractivity (Wildman–Crippen MR) is 132 cm³/mol. The Kier molecular flexibility index (Phi) is 5.86. The smallest absolute Gasteiger partial charge is 0.296 e. The fourth-order valence-electron chi connectivity index (χ4n) is 4.13. The van der Waals surface area contributed by atoms with Gasteiger partial charge in [0.2, 0.25) is 0 Å². The number of rotatable bonds is 6. The molecule has 1 aliphatic rings. The van der Waals surface area contributed by atoms with Crippen LogP contribution in [0.15, 0.2) is 67.1 Å². The molecular formula is C25H21ClN6O4. The molecule has 1 unspecified atom stereocenters. The van der Waals surface area contributed by atoms with E-state index in [4.69, 9.17) is 21.1 Å². The third kappa shape index (κ3) is 4.20. The molecule has 5 aromatic rings. The van der Waals surface area contributed by atoms with E-state index in [1.165, 1.54) is 0 Å². The lowest BCUT2D eigenvalue weighted by Gasteiger charge is -2.15. The summed E-state index contributed by atoms with van der Waals surface area (Å²) in [7, 11) is 0. The van der Waals surface area contributed by atoms with Gasteiger partial charge < -0.3 is 24.7 Å². The van der Waals surface area contributed by atoms with Gasteiger partial charge in [0.15, 0.2) is 17.6 Å². The molecule has 4 aromatic heterocycles. The Bertz CT molecular complexity index is 1490. The van der Waals surface area contributed by atoms with E-state index in [9.17, 15) is 10.2 Å². The number of benzene rings is 1. The lowest BCUT2D eigenvalue weighted by Crippen LogP contribution is -2.36. The molecular weight excluding hydrogens is 484 g/mol. The topological polar surface area (TPSA) is 131 Å². The second kappa shape index (κ2) is 9.32. The number of aromatic amines is 1. The lowest BCUT2D eigenvalue weighted by atomic mass is 10.0. The molecule has 0 spiro atoms. The number of hydrogen-bond acceptors (Lipinski definition) is 8. The number of H-pyrrole nitrogens is 1. The van der Waals surface area contributed by atoms with Gasteiger partial charge in [-0.2, -0.15) is 10.1 Å². The van der Waals surface area contributed by atoms with Crippen LogP contribution in [0.1, 0.15) is 0 Å². The van der Waals surface area contributed by atoms with E-state index in [1.54, 1.807) is 16.9 Å². The highest BCUT2D eigenvalue weighted by Gasteiger charge is 2.37. The minimum atomic E-state index is -0.953. The van der Waals surface area contributed by atoms with Gasteiger partial charge in [-0.25, -0.2) is 14.6 Å². The van der Waals surface area contributed by atoms with E-state index in [0.29, 0.717) is 21.9 Å². The number of nitrogens with one attached hydrogen (secondary N) is 1. The maximum absolute atomic E-state index is 10.2. The summed E-state index contributed by atoms with van der Waals surface area (Å²) < 4.78 is 12.8. The van der Waals surface area contributed by atoms with E-state index in [-0.39, 0.29) is 19.2 Å². The summed E-state index contributed by atoms with van der Waals surface area (Å²) in [6, 6.07) is 15.6. The summed E-state index contributed by atoms with van der Waals surface area (Å²) in [6.45, 7) is -0.135. The number of aliphatic hydroxyl groups is 2. The fraction of sp³-hybridized carbons (Fsp3) is 0.200. The van der Waals surface area contributed by atoms with Gasteiger partial charge in [0, 0.05) is 29.7 Å². The van der Waals surface area contributed by atoms with Crippen molar-refractivity contribution in [2.45, 2.75) is 18.3 Å². The van der Waals surface area contributed by atoms with Crippen molar-refractivity contribution in [1.29, 1.82) is 0 Å². The second-order valence-corrected chi connectivity index (χ2v) is 8.77. The first-order chi connectivity index (χ1) is 17.6. The van der Waals surface area contributed by atoms with Gasteiger partial charge in [-0.15, -0.1) is 0 Å². The number of nitrogens with zero attached hydrogens (tertiary/aromatic N) is 5. The van der Waals surface area contributed by atoms with Crippen LogP contribution in [0.4, 0.5) is 0 Å². The highest BCUT2D eigenvalue weighted by atomic mass is 35.5. The zero-order chi connectivity index (χ0) is 24.6. The van der Waals surface area contributed by atoms with Crippen LogP contribution in [-0.4, -0.2) is 71.5 Å². The maximum atomic E-state index is 10.2. The van der Waals surface area contributed by atoms with Crippen LogP contribution in [-0.2, 0) is 4.74 Å². The summed E-state index contributed by atoms with van der Waals surface area (Å²) in [5.41, 5.74) is 4.44. The Hall–Kier alpha value is -3.83. The van der Waals surface area contributed by atoms with E-state index < -0.39 is 18.3 Å². The highest BCUT2D eigenvalue weighted by Crippen LogP contribution is 2.31. The lowest BCUT2D eigenvalue weighted by molar-refractivity contribution is -0.00390. The van der Waals surface area contributed by atoms with Crippen LogP contribution in [0.25, 0.3) is 39.4 Å². The molecule has 6 rings (SSSR count). The van der Waals surface area contributed by atoms with E-state index >= 15 is 0 Å². The zero-order valence-electron chi connectivity index (χ0n) is 18.8. The maximum Gasteiger partial charge on any atom is 0.296 e. The second-order valence-electron chi connectivity index (χ2n) is 8.37. The predicted octanol–water partition coefficient (Wildman–Crippen LogP) is 3.03. The van der Waals surface area contributed by atoms with Crippen LogP contribution in [0.3, 0.4) is 0 Å². The zero-order valence-corrected chi connectivity index (χ0v) is 19.6. The SMILES string of the molecule is OCC1OC[C@@H](Oc2nc3nc(-c4ccc(-c5ccc(-n6cccn6)nc5)cc4)c(Cl)cc3[nH]2)[C@@H]1O. The van der Waals surface area contributed by atoms with Crippen molar-refractivity contribution in [2.75, 3.05) is 13.2 Å². The van der Waals surface area contributed by atoms with Crippen LogP contribution < -0.4 is 4.74 Å². The molecule has 0 saturated carbocycles. The van der Waals surface area contributed by atoms with E-state index in [2.05, 4.69) is 25.0 Å². The van der Waals surface area contributed by atoms with Gasteiger partial charge in [0.05, 0.1) is 29.4 Å². The molecule has 5 heterocycles. The third-order valence-electron chi connectivity index (χ3n) is 6.06. The minimum absolute atomic E-state index is 0.150. The molecule has 1 saturated heterocycles. The van der Waals surface area contributed by atoms with Gasteiger partial charge in [-0.05, 0) is 29.8 Å². The van der Waals surface area contributed by atoms with Gasteiger partial charge in [-0.3, -0.25) is 0 Å². The molecule has 1 aliphatic heterocycles. The first kappa shape index (κ1) is 22.6. The number of aliphatic hydroxyl groups excluding tert-OH is 2. The molecule has 36 heavy (non-hydrogen) atoms. The van der Waals surface area contributed by atoms with Crippen molar-refractivity contribution < 1.29 is 19.7 Å². The van der Waals surface area contributed by atoms with Gasteiger partial charge in [0.25, 0.3) is 6.01 Å². The molecule has 1 aromatic carbocycles. The molecule has 3 N–H and O–H groups in total. The van der Waals surface area contributed by atoms with Crippen molar-refractivity contribution in [3.63, 3.8) is 0 Å². The van der Waals surface area contributed by atoms with Crippen molar-refractivity contribution in [1.82, 2.24) is 29.7 Å². The fourth-order valence-corrected chi connectivity index (χ4v) is 4.39. The van der Waals surface area contributed by atoms with E-state index in [0.717, 1.165) is 22.5 Å². The van der Waals surface area contributed by atoms with Gasteiger partial charge in [0.1, 0.15) is 12.2 Å². The van der Waals surface area contributed by atoms with Gasteiger partial charge in [-0.1, -0.05) is 35.9 Å². The summed E-state index contributed by atoms with van der Waals surface area (Å²) in [5.74, 6) is 0.746. The summed E-state index contributed by atoms with van der Waals surface area (Å²) in [4.78, 5) is 16.5. The third-order valence-corrected chi connectivity index (χ3v) is 6.35. The number of aromatic nitrogens is 6. The summed E-state index contributed by atoms with van der Waals surface area (Å²) in [6.07, 6.45) is 3.09. The first-order valence-electron chi connectivity index (χ1n) is 11.3. The van der Waals surface area contributed by atoms with Crippen LogP contribution in [0.5, 0.6) is 6.01 Å². The summed E-state index contributed by atoms with van der Waals surface area (Å²) >= 11 is 6.54. The van der Waals surface area contributed by atoms with Crippen molar-refractivity contribution in [3.05, 3.63) is 72.1 Å².